The summed E-state index contributed by atoms with van der Waals surface area (Å²) in [6.07, 6.45) is 1.57. The Morgan fingerprint density at radius 3 is 2.85 bits per heavy atom. The van der Waals surface area contributed by atoms with Crippen molar-refractivity contribution >= 4 is 39.4 Å². The van der Waals surface area contributed by atoms with Gasteiger partial charge in [-0.25, -0.2) is 0 Å². The summed E-state index contributed by atoms with van der Waals surface area (Å²) >= 11 is 8.81. The molecule has 0 aliphatic heterocycles. The number of hydrogen-bond acceptors (Lipinski definition) is 8. The number of aromatic nitrogens is 8. The molecule has 0 unspecified atom stereocenters. The summed E-state index contributed by atoms with van der Waals surface area (Å²) in [7, 11) is 1.79. The van der Waals surface area contributed by atoms with Crippen molar-refractivity contribution in [3.63, 3.8) is 0 Å². The Kier molecular flexibility index (Phi) is 2.55. The van der Waals surface area contributed by atoms with Crippen LogP contribution in [0.5, 0.6) is 0 Å². The van der Waals surface area contributed by atoms with E-state index in [0.717, 1.165) is 10.7 Å². The van der Waals surface area contributed by atoms with E-state index in [2.05, 4.69) is 30.0 Å². The third kappa shape index (κ3) is 1.65. The van der Waals surface area contributed by atoms with E-state index in [1.54, 1.807) is 22.4 Å². The highest BCUT2D eigenvalue weighted by molar-refractivity contribution is 7.20. The summed E-state index contributed by atoms with van der Waals surface area (Å²) in [6, 6.07) is 0. The average molecular weight is 325 g/mol. The van der Waals surface area contributed by atoms with Crippen molar-refractivity contribution < 1.29 is 0 Å². The number of hydrogen-bond donors (Lipinski definition) is 0. The molecule has 0 fully saturated rings. The Labute approximate surface area is 124 Å². The molecule has 8 nitrogen and oxygen atoms in total. The fraction of sp³-hybridized carbons (Fsp3) is 0.111. The molecule has 0 aliphatic carbocycles. The van der Waals surface area contributed by atoms with Gasteiger partial charge in [0.05, 0.1) is 11.2 Å². The molecule has 11 heteroatoms. The normalized spacial score (nSPS) is 11.5. The van der Waals surface area contributed by atoms with Gasteiger partial charge in [0.1, 0.15) is 11.4 Å². The Hall–Kier alpha value is -1.91. The quantitative estimate of drug-likeness (QED) is 0.558. The zero-order valence-electron chi connectivity index (χ0n) is 9.93. The molecule has 0 aliphatic rings. The van der Waals surface area contributed by atoms with Crippen molar-refractivity contribution in [2.75, 3.05) is 0 Å². The molecule has 0 aromatic carbocycles. The third-order valence-electron chi connectivity index (χ3n) is 2.68. The highest BCUT2D eigenvalue weighted by Crippen LogP contribution is 2.29. The molecule has 0 radical (unpaired) electrons. The minimum Gasteiger partial charge on any atom is -0.263 e. The number of rotatable bonds is 2. The van der Waals surface area contributed by atoms with Gasteiger partial charge in [-0.15, -0.1) is 15.3 Å². The minimum atomic E-state index is 0.506. The predicted molar refractivity (Wildman–Crippen MR) is 74.8 cm³/mol. The fourth-order valence-corrected chi connectivity index (χ4v) is 3.35. The molecule has 0 bridgehead atoms. The van der Waals surface area contributed by atoms with Gasteiger partial charge >= 0.3 is 0 Å². The number of fused-ring (bicyclic) bond motifs is 1. The predicted octanol–water partition coefficient (Wildman–Crippen LogP) is 1.76. The van der Waals surface area contributed by atoms with Crippen molar-refractivity contribution in [2.24, 2.45) is 7.05 Å². The topological polar surface area (TPSA) is 86.7 Å². The molecule has 100 valence electrons. The lowest BCUT2D eigenvalue weighted by molar-refractivity contribution is 0.764. The van der Waals surface area contributed by atoms with Crippen LogP contribution in [0, 0.1) is 0 Å². The molecule has 0 amide bonds. The van der Waals surface area contributed by atoms with Gasteiger partial charge < -0.3 is 0 Å². The first-order valence-corrected chi connectivity index (χ1v) is 7.44. The SMILES string of the molecule is Cn1ncc(Cl)c1-c1nnc2sc(-c3csnn3)nn12. The standard InChI is InChI=1S/C9H5ClN8S2/c1-17-6(4(10)2-11-17)7-13-14-9-18(7)15-8(20-9)5-3-19-16-12-5/h2-3H,1H3. The van der Waals surface area contributed by atoms with E-state index in [-0.39, 0.29) is 0 Å². The number of aryl methyl sites for hydroxylation is 1. The van der Waals surface area contributed by atoms with Crippen molar-refractivity contribution in [1.82, 2.24) is 39.2 Å². The van der Waals surface area contributed by atoms with Crippen LogP contribution in [0.3, 0.4) is 0 Å². The first kappa shape index (κ1) is 11.9. The first-order chi connectivity index (χ1) is 9.74. The molecule has 4 aromatic rings. The van der Waals surface area contributed by atoms with E-state index in [1.807, 2.05) is 5.38 Å². The lowest BCUT2D eigenvalue weighted by atomic mass is 10.4. The zero-order chi connectivity index (χ0) is 13.7. The monoisotopic (exact) mass is 324 g/mol. The van der Waals surface area contributed by atoms with Crippen LogP contribution in [0.2, 0.25) is 5.02 Å². The molecule has 0 saturated carbocycles. The van der Waals surface area contributed by atoms with Gasteiger partial charge in [0.25, 0.3) is 0 Å². The average Bonchev–Trinajstić information content (AvgIpc) is 3.14. The van der Waals surface area contributed by atoms with Crippen LogP contribution < -0.4 is 0 Å². The van der Waals surface area contributed by atoms with E-state index in [0.29, 0.717) is 21.5 Å². The van der Waals surface area contributed by atoms with E-state index in [9.17, 15) is 0 Å². The summed E-state index contributed by atoms with van der Waals surface area (Å²) in [5, 5.41) is 23.9. The van der Waals surface area contributed by atoms with E-state index < -0.39 is 0 Å². The zero-order valence-corrected chi connectivity index (χ0v) is 12.3. The van der Waals surface area contributed by atoms with Crippen LogP contribution in [-0.2, 0) is 7.05 Å². The number of halogens is 1. The second kappa shape index (κ2) is 4.30. The van der Waals surface area contributed by atoms with Gasteiger partial charge in [-0.3, -0.25) is 4.68 Å². The Balaban J connectivity index is 1.94. The summed E-state index contributed by atoms with van der Waals surface area (Å²) < 4.78 is 7.11. The summed E-state index contributed by atoms with van der Waals surface area (Å²) in [4.78, 5) is 0.667. The van der Waals surface area contributed by atoms with E-state index >= 15 is 0 Å². The van der Waals surface area contributed by atoms with Crippen molar-refractivity contribution in [2.45, 2.75) is 0 Å². The van der Waals surface area contributed by atoms with Gasteiger partial charge in [0.2, 0.25) is 10.8 Å². The fourth-order valence-electron chi connectivity index (χ4n) is 1.79. The second-order valence-electron chi connectivity index (χ2n) is 3.88. The summed E-state index contributed by atoms with van der Waals surface area (Å²) in [5.41, 5.74) is 1.40. The molecule has 4 rings (SSSR count). The first-order valence-electron chi connectivity index (χ1n) is 5.41. The van der Waals surface area contributed by atoms with Crippen LogP contribution in [0.1, 0.15) is 0 Å². The molecule has 0 atom stereocenters. The lowest BCUT2D eigenvalue weighted by Gasteiger charge is -1.98. The summed E-state index contributed by atoms with van der Waals surface area (Å²) in [6.45, 7) is 0. The summed E-state index contributed by atoms with van der Waals surface area (Å²) in [5.74, 6) is 0.552. The largest absolute Gasteiger partial charge is 0.263 e. The van der Waals surface area contributed by atoms with Crippen LogP contribution in [0.15, 0.2) is 11.6 Å². The van der Waals surface area contributed by atoms with Crippen LogP contribution >= 0.6 is 34.5 Å². The molecule has 4 aromatic heterocycles. The maximum atomic E-state index is 6.13. The second-order valence-corrected chi connectivity index (χ2v) is 5.85. The molecular weight excluding hydrogens is 320 g/mol. The van der Waals surface area contributed by atoms with Gasteiger partial charge in [0, 0.05) is 12.4 Å². The van der Waals surface area contributed by atoms with E-state index in [4.69, 9.17) is 11.6 Å². The molecule has 0 saturated heterocycles. The van der Waals surface area contributed by atoms with Gasteiger partial charge in [-0.05, 0) is 11.5 Å². The Bertz CT molecular complexity index is 869. The smallest absolute Gasteiger partial charge is 0.235 e. The molecule has 0 spiro atoms. The molecular formula is C9H5ClN8S2. The molecule has 0 N–H and O–H groups in total. The highest BCUT2D eigenvalue weighted by atomic mass is 35.5. The van der Waals surface area contributed by atoms with Crippen molar-refractivity contribution in [3.8, 4) is 22.2 Å². The van der Waals surface area contributed by atoms with Gasteiger partial charge in [-0.1, -0.05) is 27.4 Å². The Morgan fingerprint density at radius 1 is 1.25 bits per heavy atom. The van der Waals surface area contributed by atoms with Crippen molar-refractivity contribution in [3.05, 3.63) is 16.6 Å². The van der Waals surface area contributed by atoms with Crippen LogP contribution in [-0.4, -0.2) is 39.2 Å². The van der Waals surface area contributed by atoms with Crippen LogP contribution in [0.4, 0.5) is 0 Å². The highest BCUT2D eigenvalue weighted by Gasteiger charge is 2.20. The van der Waals surface area contributed by atoms with E-state index in [1.165, 1.54) is 22.9 Å². The van der Waals surface area contributed by atoms with Gasteiger partial charge in [-0.2, -0.15) is 14.7 Å². The third-order valence-corrected chi connectivity index (χ3v) is 4.38. The van der Waals surface area contributed by atoms with Gasteiger partial charge in [0.15, 0.2) is 5.01 Å². The molecule has 20 heavy (non-hydrogen) atoms. The lowest BCUT2D eigenvalue weighted by Crippen LogP contribution is -1.99. The number of nitrogens with zero attached hydrogens (tertiary/aromatic N) is 8. The maximum Gasteiger partial charge on any atom is 0.235 e. The van der Waals surface area contributed by atoms with Crippen LogP contribution in [0.25, 0.3) is 27.2 Å². The van der Waals surface area contributed by atoms with Crippen molar-refractivity contribution in [1.29, 1.82) is 0 Å². The maximum absolute atomic E-state index is 6.13. The Morgan fingerprint density at radius 2 is 2.15 bits per heavy atom. The molecule has 4 heterocycles. The minimum absolute atomic E-state index is 0.506.